The topological polar surface area (TPSA) is 99.0 Å². The molecule has 4 rings (SSSR count). The number of hydrogen-bond donors (Lipinski definition) is 4. The van der Waals surface area contributed by atoms with Gasteiger partial charge in [-0.25, -0.2) is 4.79 Å². The molecule has 0 spiro atoms. The Balaban J connectivity index is 1.63. The lowest BCUT2D eigenvalue weighted by Crippen LogP contribution is -2.40. The molecular formula is C24H24Br2N4O3. The number of carbonyl (C=O) groups is 2. The molecule has 4 N–H and O–H groups in total. The van der Waals surface area contributed by atoms with E-state index in [1.165, 1.54) is 0 Å². The summed E-state index contributed by atoms with van der Waals surface area (Å²) in [4.78, 5) is 32.0. The monoisotopic (exact) mass is 574 g/mol. The van der Waals surface area contributed by atoms with Crippen LogP contribution in [0.15, 0.2) is 57.7 Å². The van der Waals surface area contributed by atoms with Crippen LogP contribution in [0.4, 0.5) is 4.79 Å². The summed E-state index contributed by atoms with van der Waals surface area (Å²) in [5.41, 5.74) is 2.56. The second kappa shape index (κ2) is 9.23. The zero-order valence-corrected chi connectivity index (χ0v) is 21.6. The maximum atomic E-state index is 13.3. The van der Waals surface area contributed by atoms with E-state index >= 15 is 0 Å². The molecule has 2 aromatic carbocycles. The predicted molar refractivity (Wildman–Crippen MR) is 136 cm³/mol. The number of H-pyrrole nitrogens is 2. The molecule has 1 unspecified atom stereocenters. The highest BCUT2D eigenvalue weighted by Gasteiger charge is 2.23. The van der Waals surface area contributed by atoms with E-state index in [9.17, 15) is 9.59 Å². The number of rotatable bonds is 5. The zero-order chi connectivity index (χ0) is 23.8. The van der Waals surface area contributed by atoms with E-state index in [1.54, 1.807) is 27.0 Å². The number of carbonyl (C=O) groups excluding carboxylic acids is 2. The van der Waals surface area contributed by atoms with Crippen molar-refractivity contribution < 1.29 is 14.3 Å². The molecule has 1 atom stereocenters. The van der Waals surface area contributed by atoms with Crippen LogP contribution in [0.2, 0.25) is 0 Å². The van der Waals surface area contributed by atoms with Gasteiger partial charge < -0.3 is 25.3 Å². The highest BCUT2D eigenvalue weighted by molar-refractivity contribution is 9.10. The van der Waals surface area contributed by atoms with Crippen LogP contribution >= 0.6 is 31.9 Å². The fourth-order valence-corrected chi connectivity index (χ4v) is 4.39. The van der Waals surface area contributed by atoms with Crippen LogP contribution < -0.4 is 10.6 Å². The zero-order valence-electron chi connectivity index (χ0n) is 18.4. The van der Waals surface area contributed by atoms with E-state index in [-0.39, 0.29) is 12.5 Å². The molecule has 7 nitrogen and oxygen atoms in total. The minimum Gasteiger partial charge on any atom is -0.444 e. The summed E-state index contributed by atoms with van der Waals surface area (Å²) in [6, 6.07) is 11.1. The molecular weight excluding hydrogens is 552 g/mol. The van der Waals surface area contributed by atoms with Gasteiger partial charge in [0.15, 0.2) is 0 Å². The minimum atomic E-state index is -0.618. The molecule has 0 fully saturated rings. The maximum absolute atomic E-state index is 13.3. The van der Waals surface area contributed by atoms with Crippen molar-refractivity contribution in [2.24, 2.45) is 0 Å². The van der Waals surface area contributed by atoms with Gasteiger partial charge in [0.1, 0.15) is 5.60 Å². The van der Waals surface area contributed by atoms with Crippen molar-refractivity contribution in [3.63, 3.8) is 0 Å². The number of benzene rings is 2. The Morgan fingerprint density at radius 1 is 0.970 bits per heavy atom. The minimum absolute atomic E-state index is 0.161. The quantitative estimate of drug-likeness (QED) is 0.229. The van der Waals surface area contributed by atoms with Gasteiger partial charge in [0.25, 0.3) is 5.91 Å². The summed E-state index contributed by atoms with van der Waals surface area (Å²) in [5, 5.41) is 7.63. The number of halogens is 2. The molecule has 0 aliphatic carbocycles. The fourth-order valence-electron chi connectivity index (χ4n) is 3.66. The molecule has 0 saturated heterocycles. The van der Waals surface area contributed by atoms with Crippen molar-refractivity contribution >= 4 is 65.7 Å². The molecule has 0 aliphatic rings. The first-order valence-corrected chi connectivity index (χ1v) is 12.0. The smallest absolute Gasteiger partial charge is 0.407 e. The molecule has 172 valence electrons. The van der Waals surface area contributed by atoms with E-state index in [0.29, 0.717) is 5.56 Å². The van der Waals surface area contributed by atoms with E-state index in [0.717, 1.165) is 36.3 Å². The second-order valence-corrected chi connectivity index (χ2v) is 10.6. The maximum Gasteiger partial charge on any atom is 0.407 e. The van der Waals surface area contributed by atoms with E-state index in [4.69, 9.17) is 4.74 Å². The van der Waals surface area contributed by atoms with E-state index in [2.05, 4.69) is 52.5 Å². The van der Waals surface area contributed by atoms with Crippen LogP contribution in [0, 0.1) is 0 Å². The standard InChI is InChI=1S/C24H24Br2N4O3/c1-24(2,3)33-23(32)29-12-21(17-10-27-19-7-5-13(25)8-16(17)19)30-22(31)18-11-28-20-9-14(26)4-6-15(18)20/h4-11,21,27-28H,12H2,1-3H3,(H,29,32)(H,30,31). The van der Waals surface area contributed by atoms with Gasteiger partial charge in [0, 0.05) is 55.3 Å². The van der Waals surface area contributed by atoms with Gasteiger partial charge in [-0.3, -0.25) is 4.79 Å². The number of aromatic amines is 2. The number of amides is 2. The van der Waals surface area contributed by atoms with Crippen LogP contribution in [0.1, 0.15) is 42.7 Å². The lowest BCUT2D eigenvalue weighted by Gasteiger charge is -2.22. The van der Waals surface area contributed by atoms with Gasteiger partial charge in [-0.1, -0.05) is 37.9 Å². The van der Waals surface area contributed by atoms with E-state index < -0.39 is 17.7 Å². The third kappa shape index (κ3) is 5.42. The fraction of sp³-hybridized carbons (Fsp3) is 0.250. The number of fused-ring (bicyclic) bond motifs is 2. The molecule has 2 aromatic heterocycles. The molecule has 2 amide bonds. The lowest BCUT2D eigenvalue weighted by atomic mass is 10.0. The molecule has 9 heteroatoms. The summed E-state index contributed by atoms with van der Waals surface area (Å²) >= 11 is 6.96. The van der Waals surface area contributed by atoms with Crippen molar-refractivity contribution in [3.8, 4) is 0 Å². The Labute approximate surface area is 207 Å². The van der Waals surface area contributed by atoms with Gasteiger partial charge in [-0.05, 0) is 51.1 Å². The molecule has 4 aromatic rings. The first-order valence-electron chi connectivity index (χ1n) is 10.4. The number of aromatic nitrogens is 2. The van der Waals surface area contributed by atoms with Crippen molar-refractivity contribution in [2.45, 2.75) is 32.4 Å². The highest BCUT2D eigenvalue weighted by atomic mass is 79.9. The third-order valence-corrected chi connectivity index (χ3v) is 6.08. The average molecular weight is 576 g/mol. The Morgan fingerprint density at radius 2 is 1.67 bits per heavy atom. The van der Waals surface area contributed by atoms with Gasteiger partial charge in [0.05, 0.1) is 11.6 Å². The number of nitrogens with one attached hydrogen (secondary N) is 4. The SMILES string of the molecule is CC(C)(C)OC(=O)NCC(NC(=O)c1c[nH]c2cc(Br)ccc12)c1c[nH]c2ccc(Br)cc12. The second-order valence-electron chi connectivity index (χ2n) is 8.74. The first kappa shape index (κ1) is 23.4. The Morgan fingerprint density at radius 3 is 2.42 bits per heavy atom. The molecule has 33 heavy (non-hydrogen) atoms. The number of ether oxygens (including phenoxy) is 1. The first-order chi connectivity index (χ1) is 15.6. The summed E-state index contributed by atoms with van der Waals surface area (Å²) in [7, 11) is 0. The Kier molecular flexibility index (Phi) is 6.54. The lowest BCUT2D eigenvalue weighted by molar-refractivity contribution is 0.0520. The van der Waals surface area contributed by atoms with Gasteiger partial charge in [-0.15, -0.1) is 0 Å². The Bertz CT molecular complexity index is 1340. The van der Waals surface area contributed by atoms with Crippen LogP contribution in [0.25, 0.3) is 21.8 Å². The summed E-state index contributed by atoms with van der Waals surface area (Å²) in [6.07, 6.45) is 3.00. The van der Waals surface area contributed by atoms with Gasteiger partial charge in [-0.2, -0.15) is 0 Å². The largest absolute Gasteiger partial charge is 0.444 e. The van der Waals surface area contributed by atoms with Crippen molar-refractivity contribution in [1.82, 2.24) is 20.6 Å². The van der Waals surface area contributed by atoms with Crippen LogP contribution in [-0.2, 0) is 4.74 Å². The van der Waals surface area contributed by atoms with Crippen molar-refractivity contribution in [2.75, 3.05) is 6.54 Å². The summed E-state index contributed by atoms with van der Waals surface area (Å²) in [5.74, 6) is -0.246. The van der Waals surface area contributed by atoms with Crippen LogP contribution in [0.3, 0.4) is 0 Å². The van der Waals surface area contributed by atoms with Gasteiger partial charge >= 0.3 is 6.09 Å². The van der Waals surface area contributed by atoms with Crippen molar-refractivity contribution in [3.05, 3.63) is 68.9 Å². The Hall–Kier alpha value is -2.78. The summed E-state index contributed by atoms with van der Waals surface area (Å²) < 4.78 is 7.21. The average Bonchev–Trinajstić information content (AvgIpc) is 3.33. The summed E-state index contributed by atoms with van der Waals surface area (Å²) in [6.45, 7) is 5.57. The molecule has 0 radical (unpaired) electrons. The molecule has 0 bridgehead atoms. The predicted octanol–water partition coefficient (Wildman–Crippen LogP) is 6.17. The number of alkyl carbamates (subject to hydrolysis) is 1. The third-order valence-electron chi connectivity index (χ3n) is 5.09. The van der Waals surface area contributed by atoms with Crippen molar-refractivity contribution in [1.29, 1.82) is 0 Å². The molecule has 2 heterocycles. The van der Waals surface area contributed by atoms with Gasteiger partial charge in [0.2, 0.25) is 0 Å². The van der Waals surface area contributed by atoms with Crippen LogP contribution in [0.5, 0.6) is 0 Å². The normalized spacial score (nSPS) is 12.6. The highest BCUT2D eigenvalue weighted by Crippen LogP contribution is 2.28. The van der Waals surface area contributed by atoms with E-state index in [1.807, 2.05) is 42.6 Å². The molecule has 0 saturated carbocycles. The molecule has 0 aliphatic heterocycles. The van der Waals surface area contributed by atoms with Crippen LogP contribution in [-0.4, -0.2) is 34.1 Å². The number of hydrogen-bond acceptors (Lipinski definition) is 3.